The lowest BCUT2D eigenvalue weighted by atomic mass is 9.48. The van der Waals surface area contributed by atoms with Crippen LogP contribution in [-0.4, -0.2) is 56.4 Å². The lowest BCUT2D eigenvalue weighted by Crippen LogP contribution is -2.51. The van der Waals surface area contributed by atoms with Gasteiger partial charge in [-0.1, -0.05) is 6.07 Å². The van der Waals surface area contributed by atoms with Gasteiger partial charge in [-0.15, -0.1) is 0 Å². The number of Topliss-reactive ketones (excluding diaryl/α,β-unsaturated/α-hetero) is 1. The Bertz CT molecular complexity index is 1010. The maximum Gasteiger partial charge on any atom is 0.338 e. The third-order valence-electron chi connectivity index (χ3n) is 8.06. The van der Waals surface area contributed by atoms with E-state index in [0.717, 1.165) is 19.3 Å². The molecular weight excluding hydrogens is 442 g/mol. The van der Waals surface area contributed by atoms with Gasteiger partial charge >= 0.3 is 5.97 Å². The standard InChI is InChI=1S/C25H33NO6S/c1-16-13-26(14-17(2)32-16)33(29,30)22-5-3-4-21(9-22)24(28)31-15-23(27)25-10-18-6-19(11-25)8-20(7-18)12-25/h3-5,9,16-20H,6-8,10-15H2,1-2H3. The Morgan fingerprint density at radius 3 is 2.18 bits per heavy atom. The zero-order chi connectivity index (χ0) is 23.4. The summed E-state index contributed by atoms with van der Waals surface area (Å²) in [4.78, 5) is 25.9. The second-order valence-electron chi connectivity index (χ2n) is 10.8. The van der Waals surface area contributed by atoms with Crippen LogP contribution in [0.3, 0.4) is 0 Å². The Kier molecular flexibility index (Phi) is 5.90. The van der Waals surface area contributed by atoms with Gasteiger partial charge < -0.3 is 9.47 Å². The van der Waals surface area contributed by atoms with Crippen molar-refractivity contribution in [2.45, 2.75) is 69.5 Å². The number of ketones is 1. The number of hydrogen-bond donors (Lipinski definition) is 0. The lowest BCUT2D eigenvalue weighted by Gasteiger charge is -2.55. The molecule has 1 aromatic carbocycles. The van der Waals surface area contributed by atoms with Crippen molar-refractivity contribution in [2.75, 3.05) is 19.7 Å². The smallest absolute Gasteiger partial charge is 0.338 e. The van der Waals surface area contributed by atoms with Crippen LogP contribution < -0.4 is 0 Å². The zero-order valence-electron chi connectivity index (χ0n) is 19.4. The average molecular weight is 476 g/mol. The van der Waals surface area contributed by atoms with Crippen LogP contribution >= 0.6 is 0 Å². The molecule has 5 fully saturated rings. The first-order valence-corrected chi connectivity index (χ1v) is 13.5. The van der Waals surface area contributed by atoms with E-state index in [1.165, 1.54) is 47.8 Å². The number of rotatable bonds is 6. The molecule has 0 amide bonds. The summed E-state index contributed by atoms with van der Waals surface area (Å²) in [5, 5.41) is 0. The maximum absolute atomic E-state index is 13.1. The molecule has 0 N–H and O–H groups in total. The summed E-state index contributed by atoms with van der Waals surface area (Å²) in [5.74, 6) is 1.30. The summed E-state index contributed by atoms with van der Waals surface area (Å²) in [5.41, 5.74) is -0.173. The topological polar surface area (TPSA) is 90.0 Å². The van der Waals surface area contributed by atoms with Gasteiger partial charge in [0.2, 0.25) is 10.0 Å². The molecule has 1 saturated heterocycles. The minimum atomic E-state index is -3.77. The van der Waals surface area contributed by atoms with E-state index >= 15 is 0 Å². The largest absolute Gasteiger partial charge is 0.454 e. The predicted octanol–water partition coefficient (Wildman–Crippen LogP) is 3.43. The number of morpholine rings is 1. The molecule has 0 radical (unpaired) electrons. The van der Waals surface area contributed by atoms with Gasteiger partial charge in [0.05, 0.1) is 22.7 Å². The molecule has 2 unspecified atom stereocenters. The van der Waals surface area contributed by atoms with Crippen molar-refractivity contribution in [3.05, 3.63) is 29.8 Å². The number of benzene rings is 1. The molecule has 33 heavy (non-hydrogen) atoms. The quantitative estimate of drug-likeness (QED) is 0.586. The van der Waals surface area contributed by atoms with Gasteiger partial charge in [0.15, 0.2) is 12.4 Å². The number of sulfonamides is 1. The monoisotopic (exact) mass is 475 g/mol. The molecule has 1 aliphatic heterocycles. The van der Waals surface area contributed by atoms with Crippen molar-refractivity contribution in [3.8, 4) is 0 Å². The summed E-state index contributed by atoms with van der Waals surface area (Å²) >= 11 is 0. The fourth-order valence-corrected chi connectivity index (χ4v) is 8.72. The van der Waals surface area contributed by atoms with Gasteiger partial charge in [0, 0.05) is 18.5 Å². The Morgan fingerprint density at radius 2 is 1.61 bits per heavy atom. The molecule has 4 aliphatic carbocycles. The highest BCUT2D eigenvalue weighted by Gasteiger charge is 2.54. The highest BCUT2D eigenvalue weighted by molar-refractivity contribution is 7.89. The van der Waals surface area contributed by atoms with Gasteiger partial charge in [-0.25, -0.2) is 13.2 Å². The summed E-state index contributed by atoms with van der Waals surface area (Å²) in [7, 11) is -3.77. The van der Waals surface area contributed by atoms with E-state index in [1.54, 1.807) is 0 Å². The lowest BCUT2D eigenvalue weighted by molar-refractivity contribution is -0.147. The van der Waals surface area contributed by atoms with Gasteiger partial charge in [-0.05, 0) is 88.3 Å². The third kappa shape index (κ3) is 4.37. The number of carbonyl (C=O) groups excluding carboxylic acids is 2. The molecule has 6 rings (SSSR count). The Hall–Kier alpha value is -1.77. The SMILES string of the molecule is CC1CN(S(=O)(=O)c2cccc(C(=O)OCC(=O)C34CC5CC(CC(C5)C3)C4)c2)CC(C)O1. The van der Waals surface area contributed by atoms with Crippen LogP contribution in [0.1, 0.15) is 62.7 Å². The molecule has 5 aliphatic rings. The number of ether oxygens (including phenoxy) is 2. The minimum absolute atomic E-state index is 0.0371. The van der Waals surface area contributed by atoms with Crippen molar-refractivity contribution in [3.63, 3.8) is 0 Å². The van der Waals surface area contributed by atoms with Crippen molar-refractivity contribution in [1.29, 1.82) is 0 Å². The molecular formula is C25H33NO6S. The zero-order valence-corrected chi connectivity index (χ0v) is 20.2. The normalized spacial score (nSPS) is 36.0. The highest BCUT2D eigenvalue weighted by atomic mass is 32.2. The van der Waals surface area contributed by atoms with Crippen LogP contribution in [0.15, 0.2) is 29.2 Å². The molecule has 8 heteroatoms. The average Bonchev–Trinajstić information content (AvgIpc) is 2.75. The maximum atomic E-state index is 13.1. The summed E-state index contributed by atoms with van der Waals surface area (Å²) in [6.45, 7) is 3.97. The van der Waals surface area contributed by atoms with E-state index in [1.807, 2.05) is 13.8 Å². The van der Waals surface area contributed by atoms with E-state index in [-0.39, 0.29) is 53.6 Å². The van der Waals surface area contributed by atoms with Crippen LogP contribution in [-0.2, 0) is 24.3 Å². The minimum Gasteiger partial charge on any atom is -0.454 e. The fraction of sp³-hybridized carbons (Fsp3) is 0.680. The first-order chi connectivity index (χ1) is 15.6. The van der Waals surface area contributed by atoms with Crippen molar-refractivity contribution >= 4 is 21.8 Å². The van der Waals surface area contributed by atoms with E-state index < -0.39 is 16.0 Å². The van der Waals surface area contributed by atoms with Crippen LogP contribution in [0.2, 0.25) is 0 Å². The summed E-state index contributed by atoms with van der Waals surface area (Å²) < 4.78 is 38.7. The van der Waals surface area contributed by atoms with Crippen LogP contribution in [0.4, 0.5) is 0 Å². The predicted molar refractivity (Wildman–Crippen MR) is 121 cm³/mol. The molecule has 7 nitrogen and oxygen atoms in total. The Labute approximate surface area is 195 Å². The summed E-state index contributed by atoms with van der Waals surface area (Å²) in [6, 6.07) is 5.90. The second kappa shape index (κ2) is 8.47. The summed E-state index contributed by atoms with van der Waals surface area (Å²) in [6.07, 6.45) is 6.12. The molecule has 1 heterocycles. The van der Waals surface area contributed by atoms with E-state index in [9.17, 15) is 18.0 Å². The fourth-order valence-electron chi connectivity index (χ4n) is 7.08. The van der Waals surface area contributed by atoms with Crippen molar-refractivity contribution in [1.82, 2.24) is 4.31 Å². The third-order valence-corrected chi connectivity index (χ3v) is 9.89. The van der Waals surface area contributed by atoms with Crippen LogP contribution in [0, 0.1) is 23.2 Å². The second-order valence-corrected chi connectivity index (χ2v) is 12.7. The van der Waals surface area contributed by atoms with E-state index in [4.69, 9.17) is 9.47 Å². The van der Waals surface area contributed by atoms with E-state index in [0.29, 0.717) is 17.8 Å². The van der Waals surface area contributed by atoms with E-state index in [2.05, 4.69) is 0 Å². The molecule has 1 aromatic rings. The molecule has 4 bridgehead atoms. The first-order valence-electron chi connectivity index (χ1n) is 12.1. The molecule has 0 spiro atoms. The molecule has 0 aromatic heterocycles. The Morgan fingerprint density at radius 1 is 1.03 bits per heavy atom. The van der Waals surface area contributed by atoms with Crippen molar-refractivity contribution in [2.24, 2.45) is 23.2 Å². The van der Waals surface area contributed by atoms with Gasteiger partial charge in [0.1, 0.15) is 0 Å². The number of hydrogen-bond acceptors (Lipinski definition) is 6. The number of carbonyl (C=O) groups is 2. The van der Waals surface area contributed by atoms with Gasteiger partial charge in [-0.3, -0.25) is 4.79 Å². The number of nitrogens with zero attached hydrogens (tertiary/aromatic N) is 1. The molecule has 2 atom stereocenters. The van der Waals surface area contributed by atoms with Gasteiger partial charge in [0.25, 0.3) is 0 Å². The first kappa shape index (κ1) is 23.0. The van der Waals surface area contributed by atoms with Crippen LogP contribution in [0.25, 0.3) is 0 Å². The van der Waals surface area contributed by atoms with Crippen LogP contribution in [0.5, 0.6) is 0 Å². The highest BCUT2D eigenvalue weighted by Crippen LogP contribution is 2.60. The molecule has 180 valence electrons. The van der Waals surface area contributed by atoms with Crippen molar-refractivity contribution < 1.29 is 27.5 Å². The number of esters is 1. The Balaban J connectivity index is 1.25. The van der Waals surface area contributed by atoms with Gasteiger partial charge in [-0.2, -0.15) is 4.31 Å². The molecule has 4 saturated carbocycles.